The molecule has 0 amide bonds. The van der Waals surface area contributed by atoms with Gasteiger partial charge in [0.15, 0.2) is 0 Å². The van der Waals surface area contributed by atoms with Crippen LogP contribution in [-0.4, -0.2) is 27.2 Å². The van der Waals surface area contributed by atoms with Crippen molar-refractivity contribution in [1.29, 1.82) is 0 Å². The van der Waals surface area contributed by atoms with Gasteiger partial charge in [-0.25, -0.2) is 5.41 Å². The standard InChI is InChI=1S/C22H26N4O/c1-5-26(6-2)16-12-11-15-13-17(21(23)27-20(15)14-16)22-24(3)18-9-7-8-10-19(18)25(22)4/h7-14,22-23H,5-6H2,1-4H3/p+1. The number of fused-ring (bicyclic) bond motifs is 2. The number of hydrogen-bond acceptors (Lipinski definition) is 4. The summed E-state index contributed by atoms with van der Waals surface area (Å²) >= 11 is 0. The van der Waals surface area contributed by atoms with Crippen LogP contribution in [0.15, 0.2) is 52.9 Å². The fraction of sp³-hybridized carbons (Fsp3) is 0.318. The number of benzene rings is 2. The van der Waals surface area contributed by atoms with Gasteiger partial charge in [-0.15, -0.1) is 0 Å². The summed E-state index contributed by atoms with van der Waals surface area (Å²) < 4.78 is 6.08. The summed E-state index contributed by atoms with van der Waals surface area (Å²) in [7, 11) is 4.19. The molecule has 27 heavy (non-hydrogen) atoms. The highest BCUT2D eigenvalue weighted by atomic mass is 16.3. The summed E-state index contributed by atoms with van der Waals surface area (Å²) in [6.45, 7) is 6.24. The minimum absolute atomic E-state index is 0.0120. The second-order valence-corrected chi connectivity index (χ2v) is 7.04. The highest BCUT2D eigenvalue weighted by molar-refractivity contribution is 5.82. The molecule has 5 nitrogen and oxygen atoms in total. The van der Waals surface area contributed by atoms with Gasteiger partial charge in [0.25, 0.3) is 0 Å². The van der Waals surface area contributed by atoms with Crippen molar-refractivity contribution in [3.8, 4) is 0 Å². The van der Waals surface area contributed by atoms with Gasteiger partial charge in [-0.1, -0.05) is 12.1 Å². The number of anilines is 3. The molecule has 0 fully saturated rings. The van der Waals surface area contributed by atoms with E-state index in [1.54, 1.807) is 0 Å². The first-order valence-electron chi connectivity index (χ1n) is 9.51. The van der Waals surface area contributed by atoms with Gasteiger partial charge >= 0.3 is 5.55 Å². The Bertz CT molecular complexity index is 1010. The van der Waals surface area contributed by atoms with E-state index in [2.05, 4.69) is 91.2 Å². The Morgan fingerprint density at radius 1 is 0.963 bits per heavy atom. The Morgan fingerprint density at radius 3 is 2.19 bits per heavy atom. The van der Waals surface area contributed by atoms with E-state index >= 15 is 0 Å². The third-order valence-electron chi connectivity index (χ3n) is 5.59. The molecule has 0 atom stereocenters. The van der Waals surface area contributed by atoms with Crippen molar-refractivity contribution in [2.75, 3.05) is 41.9 Å². The lowest BCUT2D eigenvalue weighted by Gasteiger charge is -2.27. The molecule has 0 spiro atoms. The van der Waals surface area contributed by atoms with E-state index < -0.39 is 0 Å². The normalized spacial score (nSPS) is 14.1. The second kappa shape index (κ2) is 6.65. The van der Waals surface area contributed by atoms with Crippen LogP contribution < -0.4 is 25.7 Å². The molecule has 0 aliphatic carbocycles. The van der Waals surface area contributed by atoms with Crippen LogP contribution in [0.5, 0.6) is 0 Å². The molecule has 2 heterocycles. The first-order valence-corrected chi connectivity index (χ1v) is 9.51. The molecule has 3 aromatic rings. The van der Waals surface area contributed by atoms with E-state index in [4.69, 9.17) is 9.83 Å². The summed E-state index contributed by atoms with van der Waals surface area (Å²) in [6.07, 6.45) is 0.0120. The highest BCUT2D eigenvalue weighted by Crippen LogP contribution is 2.43. The number of para-hydroxylation sites is 2. The van der Waals surface area contributed by atoms with Crippen LogP contribution in [0.3, 0.4) is 0 Å². The van der Waals surface area contributed by atoms with Crippen LogP contribution in [0.2, 0.25) is 0 Å². The van der Waals surface area contributed by atoms with Crippen molar-refractivity contribution < 1.29 is 9.83 Å². The Kier molecular flexibility index (Phi) is 4.30. The molecule has 0 unspecified atom stereocenters. The Hall–Kier alpha value is -2.95. The molecule has 1 aromatic heterocycles. The number of nitrogens with zero attached hydrogens (tertiary/aromatic N) is 3. The van der Waals surface area contributed by atoms with Crippen LogP contribution in [-0.2, 0) is 0 Å². The zero-order valence-corrected chi connectivity index (χ0v) is 16.4. The summed E-state index contributed by atoms with van der Waals surface area (Å²) in [4.78, 5) is 6.79. The van der Waals surface area contributed by atoms with E-state index in [1.807, 2.05) is 0 Å². The summed E-state index contributed by atoms with van der Waals surface area (Å²) in [5.74, 6) is 0. The molecular formula is C22H27N4O+. The van der Waals surface area contributed by atoms with Crippen LogP contribution in [0, 0.1) is 0 Å². The molecule has 140 valence electrons. The van der Waals surface area contributed by atoms with Crippen molar-refractivity contribution in [3.05, 3.63) is 59.6 Å². The van der Waals surface area contributed by atoms with Crippen LogP contribution in [0.1, 0.15) is 25.6 Å². The third-order valence-corrected chi connectivity index (χ3v) is 5.59. The molecule has 4 rings (SSSR count). The molecule has 5 heteroatoms. The predicted octanol–water partition coefficient (Wildman–Crippen LogP) is 2.52. The minimum Gasteiger partial charge on any atom is -0.405 e. The fourth-order valence-electron chi connectivity index (χ4n) is 4.14. The Labute approximate surface area is 159 Å². The molecular weight excluding hydrogens is 336 g/mol. The monoisotopic (exact) mass is 363 g/mol. The van der Waals surface area contributed by atoms with Gasteiger partial charge in [-0.2, -0.15) is 0 Å². The molecule has 0 saturated carbocycles. The third kappa shape index (κ3) is 2.74. The second-order valence-electron chi connectivity index (χ2n) is 7.04. The molecule has 0 radical (unpaired) electrons. The molecule has 1 aliphatic heterocycles. The number of nitrogens with two attached hydrogens (primary N) is 1. The number of rotatable bonds is 4. The van der Waals surface area contributed by atoms with Gasteiger partial charge in [0, 0.05) is 44.3 Å². The van der Waals surface area contributed by atoms with Crippen molar-refractivity contribution in [2.45, 2.75) is 20.0 Å². The lowest BCUT2D eigenvalue weighted by Crippen LogP contribution is -2.49. The van der Waals surface area contributed by atoms with E-state index in [1.165, 1.54) is 11.4 Å². The minimum atomic E-state index is 0.0120. The summed E-state index contributed by atoms with van der Waals surface area (Å²) in [5, 5.41) is 7.45. The van der Waals surface area contributed by atoms with Crippen molar-refractivity contribution in [2.24, 2.45) is 0 Å². The first kappa shape index (κ1) is 17.5. The maximum Gasteiger partial charge on any atom is 0.371 e. The maximum absolute atomic E-state index is 6.38. The fourth-order valence-corrected chi connectivity index (χ4v) is 4.14. The average Bonchev–Trinajstić information content (AvgIpc) is 2.93. The first-order chi connectivity index (χ1) is 13.0. The largest absolute Gasteiger partial charge is 0.405 e. The van der Waals surface area contributed by atoms with Crippen molar-refractivity contribution in [1.82, 2.24) is 0 Å². The lowest BCUT2D eigenvalue weighted by atomic mass is 10.1. The van der Waals surface area contributed by atoms with E-state index in [9.17, 15) is 0 Å². The summed E-state index contributed by atoms with van der Waals surface area (Å²) in [5.41, 5.74) is 5.82. The van der Waals surface area contributed by atoms with Gasteiger partial charge < -0.3 is 19.1 Å². The van der Waals surface area contributed by atoms with Gasteiger partial charge in [0.2, 0.25) is 0 Å². The lowest BCUT2D eigenvalue weighted by molar-refractivity contribution is -0.198. The average molecular weight is 363 g/mol. The van der Waals surface area contributed by atoms with Crippen LogP contribution >= 0.6 is 0 Å². The molecule has 0 bridgehead atoms. The highest BCUT2D eigenvalue weighted by Gasteiger charge is 2.34. The van der Waals surface area contributed by atoms with Crippen molar-refractivity contribution >= 4 is 28.0 Å². The van der Waals surface area contributed by atoms with E-state index in [0.29, 0.717) is 5.55 Å². The zero-order valence-electron chi connectivity index (χ0n) is 16.4. The quantitative estimate of drug-likeness (QED) is 0.774. The Balaban J connectivity index is 1.79. The van der Waals surface area contributed by atoms with Gasteiger partial charge in [0.05, 0.1) is 11.4 Å². The number of hydrogen-bond donors (Lipinski definition) is 1. The molecule has 1 aliphatic rings. The van der Waals surface area contributed by atoms with Gasteiger partial charge in [-0.05, 0) is 44.2 Å². The van der Waals surface area contributed by atoms with Crippen LogP contribution in [0.25, 0.3) is 11.0 Å². The smallest absolute Gasteiger partial charge is 0.371 e. The Morgan fingerprint density at radius 2 is 1.59 bits per heavy atom. The predicted molar refractivity (Wildman–Crippen MR) is 111 cm³/mol. The zero-order chi connectivity index (χ0) is 19.1. The molecule has 2 aromatic carbocycles. The van der Waals surface area contributed by atoms with Crippen molar-refractivity contribution in [3.63, 3.8) is 0 Å². The molecule has 0 saturated heterocycles. The van der Waals surface area contributed by atoms with Gasteiger partial charge in [-0.3, -0.25) is 0 Å². The van der Waals surface area contributed by atoms with Crippen LogP contribution in [0.4, 0.5) is 17.1 Å². The van der Waals surface area contributed by atoms with Gasteiger partial charge in [0.1, 0.15) is 17.3 Å². The topological polar surface area (TPSA) is 48.5 Å². The summed E-state index contributed by atoms with van der Waals surface area (Å²) in [6, 6.07) is 16.9. The SMILES string of the molecule is CCN(CC)c1ccc2cc(C3N(C)c4ccccc4N3C)c(=[NH2+])oc2c1. The maximum atomic E-state index is 6.38. The molecule has 2 N–H and O–H groups in total. The van der Waals surface area contributed by atoms with E-state index in [0.717, 1.165) is 35.3 Å². The van der Waals surface area contributed by atoms with E-state index in [-0.39, 0.29) is 6.17 Å².